The molecular formula is C6H7BFNO2. The third kappa shape index (κ3) is 1.75. The van der Waals surface area contributed by atoms with Crippen molar-refractivity contribution in [3.05, 3.63) is 24.0 Å². The molecule has 1 aromatic rings. The van der Waals surface area contributed by atoms with E-state index in [1.165, 1.54) is 6.20 Å². The minimum absolute atomic E-state index is 0.343. The summed E-state index contributed by atoms with van der Waals surface area (Å²) in [4.78, 5) is 6.94. The Kier molecular flexibility index (Phi) is 2.56. The second-order valence-electron chi connectivity index (χ2n) is 2.17. The van der Waals surface area contributed by atoms with E-state index in [4.69, 9.17) is 5.02 Å². The normalized spacial score (nSPS) is 9.73. The summed E-state index contributed by atoms with van der Waals surface area (Å²) in [6, 6.07) is 1.66. The fourth-order valence-electron chi connectivity index (χ4n) is 0.783. The average Bonchev–Trinajstić information content (AvgIpc) is 2.04. The van der Waals surface area contributed by atoms with E-state index < -0.39 is 7.12 Å². The summed E-state index contributed by atoms with van der Waals surface area (Å²) < 4.78 is 11.5. The molecule has 0 fully saturated rings. The molecule has 1 aromatic heterocycles. The van der Waals surface area contributed by atoms with E-state index in [1.807, 2.05) is 0 Å². The number of aromatic nitrogens is 1. The lowest BCUT2D eigenvalue weighted by Crippen LogP contribution is -2.33. The van der Waals surface area contributed by atoms with E-state index in [9.17, 15) is 4.53 Å². The van der Waals surface area contributed by atoms with Gasteiger partial charge in [-0.25, -0.2) is 4.86 Å². The van der Waals surface area contributed by atoms with Crippen LogP contribution in [0.3, 0.4) is 0 Å². The molecule has 0 aliphatic heterocycles. The highest BCUT2D eigenvalue weighted by molar-refractivity contribution is 6.60. The van der Waals surface area contributed by atoms with Crippen LogP contribution in [-0.4, -0.2) is 17.1 Å². The highest BCUT2D eigenvalue weighted by Gasteiger charge is 2.19. The van der Waals surface area contributed by atoms with Crippen LogP contribution in [0.2, 0.25) is 0 Å². The van der Waals surface area contributed by atoms with E-state index in [2.05, 4.69) is 9.84 Å². The molecule has 0 aromatic carbocycles. The Labute approximate surface area is 63.9 Å². The molecule has 1 N–H and O–H groups in total. The minimum Gasteiger partial charge on any atom is -0.421 e. The van der Waals surface area contributed by atoms with Gasteiger partial charge in [-0.05, 0) is 18.6 Å². The van der Waals surface area contributed by atoms with Crippen LogP contribution in [0, 0.1) is 6.92 Å². The lowest BCUT2D eigenvalue weighted by Gasteiger charge is -2.02. The number of hydrogen-bond acceptors (Lipinski definition) is 3. The SMILES string of the molecule is Cc1ccncc1B(O)OF. The highest BCUT2D eigenvalue weighted by atomic mass is 19.3. The van der Waals surface area contributed by atoms with Crippen LogP contribution in [0.25, 0.3) is 0 Å². The molecular weight excluding hydrogens is 148 g/mol. The van der Waals surface area contributed by atoms with Crippen molar-refractivity contribution in [2.24, 2.45) is 0 Å². The molecule has 0 saturated heterocycles. The second-order valence-corrected chi connectivity index (χ2v) is 2.17. The highest BCUT2D eigenvalue weighted by Crippen LogP contribution is 1.93. The number of nitrogens with zero attached hydrogens (tertiary/aromatic N) is 1. The summed E-state index contributed by atoms with van der Waals surface area (Å²) in [7, 11) is -1.52. The molecule has 0 aliphatic rings. The predicted molar refractivity (Wildman–Crippen MR) is 38.8 cm³/mol. The van der Waals surface area contributed by atoms with Crippen LogP contribution in [0.5, 0.6) is 0 Å². The fraction of sp³-hybridized carbons (Fsp3) is 0.167. The molecule has 3 nitrogen and oxygen atoms in total. The minimum atomic E-state index is -1.52. The lowest BCUT2D eigenvalue weighted by molar-refractivity contribution is -0.0268. The van der Waals surface area contributed by atoms with Crippen molar-refractivity contribution in [1.29, 1.82) is 0 Å². The number of aryl methyl sites for hydroxylation is 1. The molecule has 1 rings (SSSR count). The van der Waals surface area contributed by atoms with E-state index in [0.29, 0.717) is 5.46 Å². The standard InChI is InChI=1S/C6H7BFNO2/c1-5-2-3-9-4-6(5)7(10)11-8/h2-4,10H,1H3. The van der Waals surface area contributed by atoms with Gasteiger partial charge in [0.05, 0.1) is 0 Å². The molecule has 0 spiro atoms. The molecule has 0 aliphatic carbocycles. The molecule has 5 heteroatoms. The van der Waals surface area contributed by atoms with Crippen molar-refractivity contribution in [2.45, 2.75) is 6.92 Å². The van der Waals surface area contributed by atoms with Gasteiger partial charge < -0.3 is 5.02 Å². The lowest BCUT2D eigenvalue weighted by atomic mass is 9.79. The van der Waals surface area contributed by atoms with Gasteiger partial charge in [-0.15, -0.1) is 0 Å². The van der Waals surface area contributed by atoms with Crippen LogP contribution in [0.4, 0.5) is 4.53 Å². The Morgan fingerprint density at radius 2 is 2.45 bits per heavy atom. The number of rotatable bonds is 2. The van der Waals surface area contributed by atoms with Crippen LogP contribution >= 0.6 is 0 Å². The average molecular weight is 155 g/mol. The Bertz CT molecular complexity index is 246. The van der Waals surface area contributed by atoms with Gasteiger partial charge in [0.25, 0.3) is 0 Å². The van der Waals surface area contributed by atoms with Gasteiger partial charge in [-0.1, -0.05) is 4.53 Å². The Morgan fingerprint density at radius 1 is 1.73 bits per heavy atom. The van der Waals surface area contributed by atoms with Crippen molar-refractivity contribution in [3.63, 3.8) is 0 Å². The van der Waals surface area contributed by atoms with Crippen LogP contribution in [0.1, 0.15) is 5.56 Å². The van der Waals surface area contributed by atoms with Crippen LogP contribution in [-0.2, 0) is 4.86 Å². The summed E-state index contributed by atoms with van der Waals surface area (Å²) in [5.41, 5.74) is 1.08. The third-order valence-electron chi connectivity index (χ3n) is 1.43. The Morgan fingerprint density at radius 3 is 3.00 bits per heavy atom. The molecule has 0 atom stereocenters. The molecule has 11 heavy (non-hydrogen) atoms. The summed E-state index contributed by atoms with van der Waals surface area (Å²) in [6.07, 6.45) is 2.92. The maximum absolute atomic E-state index is 11.5. The zero-order valence-corrected chi connectivity index (χ0v) is 5.99. The van der Waals surface area contributed by atoms with E-state index >= 15 is 0 Å². The maximum atomic E-state index is 11.5. The summed E-state index contributed by atoms with van der Waals surface area (Å²) in [6.45, 7) is 1.74. The van der Waals surface area contributed by atoms with Gasteiger partial charge in [-0.2, -0.15) is 0 Å². The maximum Gasteiger partial charge on any atom is 0.531 e. The first kappa shape index (κ1) is 8.16. The van der Waals surface area contributed by atoms with Crippen molar-refractivity contribution in [1.82, 2.24) is 4.98 Å². The van der Waals surface area contributed by atoms with Crippen molar-refractivity contribution in [3.8, 4) is 0 Å². The van der Waals surface area contributed by atoms with Crippen LogP contribution in [0.15, 0.2) is 18.5 Å². The zero-order chi connectivity index (χ0) is 8.27. The summed E-state index contributed by atoms with van der Waals surface area (Å²) in [5, 5.41) is 8.87. The first-order valence-electron chi connectivity index (χ1n) is 3.11. The molecule has 0 radical (unpaired) electrons. The quantitative estimate of drug-likeness (QED) is 0.610. The molecule has 0 bridgehead atoms. The number of hydrogen-bond donors (Lipinski definition) is 1. The molecule has 1 heterocycles. The van der Waals surface area contributed by atoms with Gasteiger partial charge in [0.2, 0.25) is 0 Å². The predicted octanol–water partition coefficient (Wildman–Crippen LogP) is -0.0214. The van der Waals surface area contributed by atoms with Crippen molar-refractivity contribution < 1.29 is 14.4 Å². The van der Waals surface area contributed by atoms with Gasteiger partial charge >= 0.3 is 7.12 Å². The monoisotopic (exact) mass is 155 g/mol. The van der Waals surface area contributed by atoms with Gasteiger partial charge in [0, 0.05) is 17.9 Å². The Hall–Kier alpha value is -0.935. The zero-order valence-electron chi connectivity index (χ0n) is 5.99. The third-order valence-corrected chi connectivity index (χ3v) is 1.43. The topological polar surface area (TPSA) is 42.4 Å². The molecule has 0 unspecified atom stereocenters. The van der Waals surface area contributed by atoms with Crippen LogP contribution < -0.4 is 5.46 Å². The first-order chi connectivity index (χ1) is 5.25. The first-order valence-corrected chi connectivity index (χ1v) is 3.11. The van der Waals surface area contributed by atoms with Crippen molar-refractivity contribution in [2.75, 3.05) is 0 Å². The number of halogens is 1. The molecule has 0 amide bonds. The fourth-order valence-corrected chi connectivity index (χ4v) is 0.783. The smallest absolute Gasteiger partial charge is 0.421 e. The van der Waals surface area contributed by atoms with Crippen molar-refractivity contribution >= 4 is 12.6 Å². The van der Waals surface area contributed by atoms with E-state index in [-0.39, 0.29) is 0 Å². The molecule has 58 valence electrons. The number of pyridine rings is 1. The largest absolute Gasteiger partial charge is 0.531 e. The van der Waals surface area contributed by atoms with Gasteiger partial charge in [-0.3, -0.25) is 4.98 Å². The Balaban J connectivity index is 2.93. The van der Waals surface area contributed by atoms with E-state index in [0.717, 1.165) is 5.56 Å². The van der Waals surface area contributed by atoms with Gasteiger partial charge in [0.1, 0.15) is 0 Å². The van der Waals surface area contributed by atoms with E-state index in [1.54, 1.807) is 19.2 Å². The van der Waals surface area contributed by atoms with Gasteiger partial charge in [0.15, 0.2) is 0 Å². The second kappa shape index (κ2) is 3.45. The molecule has 0 saturated carbocycles. The summed E-state index contributed by atoms with van der Waals surface area (Å²) >= 11 is 0. The summed E-state index contributed by atoms with van der Waals surface area (Å²) in [5.74, 6) is 0.